The van der Waals surface area contributed by atoms with E-state index in [1.807, 2.05) is 0 Å². The molecule has 4 rings (SSSR count). The summed E-state index contributed by atoms with van der Waals surface area (Å²) >= 11 is 0. The topological polar surface area (TPSA) is 138 Å². The number of methoxy groups -OCH3 is 1. The maximum absolute atomic E-state index is 11.2. The van der Waals surface area contributed by atoms with Crippen molar-refractivity contribution in [3.63, 3.8) is 0 Å². The Balaban J connectivity index is 1.76. The maximum Gasteiger partial charge on any atom is 0.320 e. The number of aliphatic hydroxyl groups excluding tert-OH is 1. The summed E-state index contributed by atoms with van der Waals surface area (Å²) in [6.45, 7) is 0.0649. The van der Waals surface area contributed by atoms with Crippen molar-refractivity contribution >= 4 is 17.0 Å². The number of nitrogens with zero attached hydrogens (tertiary/aromatic N) is 4. The van der Waals surface area contributed by atoms with Crippen LogP contribution in [0.5, 0.6) is 6.01 Å². The molecule has 0 aromatic carbocycles. The largest absolute Gasteiger partial charge is 0.460 e. The van der Waals surface area contributed by atoms with Crippen LogP contribution in [0.25, 0.3) is 11.2 Å². The SMILES string of the molecule is COC[C@H]1OC[C@H](O)[C@]1(O)n1cnc2c(N)nc(OC3CCCC3)nc21. The van der Waals surface area contributed by atoms with E-state index in [9.17, 15) is 10.2 Å². The van der Waals surface area contributed by atoms with Gasteiger partial charge in [-0.15, -0.1) is 0 Å². The number of anilines is 1. The molecule has 3 atom stereocenters. The number of aromatic nitrogens is 4. The molecule has 2 aliphatic rings. The van der Waals surface area contributed by atoms with Crippen LogP contribution in [0.2, 0.25) is 0 Å². The summed E-state index contributed by atoms with van der Waals surface area (Å²) in [5.41, 5.74) is 4.83. The van der Waals surface area contributed by atoms with E-state index in [1.54, 1.807) is 0 Å². The Morgan fingerprint density at radius 1 is 1.38 bits per heavy atom. The average Bonchev–Trinajstić information content (AvgIpc) is 3.32. The van der Waals surface area contributed by atoms with Gasteiger partial charge in [0.1, 0.15) is 18.3 Å². The van der Waals surface area contributed by atoms with Crippen LogP contribution in [0.4, 0.5) is 5.82 Å². The molecule has 10 nitrogen and oxygen atoms in total. The van der Waals surface area contributed by atoms with Gasteiger partial charge in [0.05, 0.1) is 19.5 Å². The van der Waals surface area contributed by atoms with Crippen LogP contribution >= 0.6 is 0 Å². The van der Waals surface area contributed by atoms with Crippen molar-refractivity contribution in [3.05, 3.63) is 6.33 Å². The van der Waals surface area contributed by atoms with Gasteiger partial charge in [-0.1, -0.05) is 0 Å². The summed E-state index contributed by atoms with van der Waals surface area (Å²) in [6, 6.07) is 0.143. The number of fused-ring (bicyclic) bond motifs is 1. The van der Waals surface area contributed by atoms with Gasteiger partial charge < -0.3 is 30.2 Å². The summed E-state index contributed by atoms with van der Waals surface area (Å²) in [7, 11) is 1.49. The zero-order valence-electron chi connectivity index (χ0n) is 14.5. The second-order valence-corrected chi connectivity index (χ2v) is 6.78. The second kappa shape index (κ2) is 6.62. The summed E-state index contributed by atoms with van der Waals surface area (Å²) in [4.78, 5) is 12.8. The standard InChI is InChI=1S/C16H23N5O5/c1-24-7-11-16(23,10(22)6-25-11)21-8-18-12-13(17)19-15(20-14(12)21)26-9-4-2-3-5-9/h8-11,22-23H,2-7H2,1H3,(H2,17,19,20)/t10-,11+,16+/m0/s1. The number of aliphatic hydroxyl groups is 2. The summed E-state index contributed by atoms with van der Waals surface area (Å²) in [6.07, 6.45) is 3.61. The first-order valence-corrected chi connectivity index (χ1v) is 8.72. The number of rotatable bonds is 5. The fraction of sp³-hybridized carbons (Fsp3) is 0.688. The number of imidazole rings is 1. The zero-order valence-corrected chi connectivity index (χ0v) is 14.5. The lowest BCUT2D eigenvalue weighted by molar-refractivity contribution is -0.151. The number of hydrogen-bond acceptors (Lipinski definition) is 9. The molecule has 10 heteroatoms. The van der Waals surface area contributed by atoms with Crippen LogP contribution in [0.1, 0.15) is 25.7 Å². The van der Waals surface area contributed by atoms with E-state index in [1.165, 1.54) is 18.0 Å². The molecular formula is C16H23N5O5. The number of nitrogens with two attached hydrogens (primary N) is 1. The molecule has 1 saturated heterocycles. The van der Waals surface area contributed by atoms with Crippen LogP contribution in [-0.2, 0) is 15.2 Å². The van der Waals surface area contributed by atoms with Crippen molar-refractivity contribution < 1.29 is 24.4 Å². The Labute approximate surface area is 149 Å². The van der Waals surface area contributed by atoms with Crippen LogP contribution < -0.4 is 10.5 Å². The van der Waals surface area contributed by atoms with Crippen molar-refractivity contribution in [3.8, 4) is 6.01 Å². The lowest BCUT2D eigenvalue weighted by atomic mass is 10.0. The summed E-state index contributed by atoms with van der Waals surface area (Å²) in [5.74, 6) is 0.155. The molecule has 0 radical (unpaired) electrons. The van der Waals surface area contributed by atoms with Crippen molar-refractivity contribution in [2.45, 2.75) is 49.7 Å². The highest BCUT2D eigenvalue weighted by Crippen LogP contribution is 2.35. The highest BCUT2D eigenvalue weighted by Gasteiger charge is 2.52. The molecule has 3 heterocycles. The highest BCUT2D eigenvalue weighted by atomic mass is 16.6. The molecule has 1 saturated carbocycles. The first-order valence-electron chi connectivity index (χ1n) is 8.72. The molecule has 0 spiro atoms. The van der Waals surface area contributed by atoms with Gasteiger partial charge in [-0.05, 0) is 25.7 Å². The summed E-state index contributed by atoms with van der Waals surface area (Å²) < 4.78 is 17.8. The molecule has 0 bridgehead atoms. The monoisotopic (exact) mass is 365 g/mol. The Morgan fingerprint density at radius 2 is 2.15 bits per heavy atom. The Bertz CT molecular complexity index is 791. The maximum atomic E-state index is 11.2. The molecule has 142 valence electrons. The molecule has 26 heavy (non-hydrogen) atoms. The minimum Gasteiger partial charge on any atom is -0.460 e. The van der Waals surface area contributed by atoms with Gasteiger partial charge in [0.25, 0.3) is 0 Å². The van der Waals surface area contributed by atoms with Gasteiger partial charge >= 0.3 is 6.01 Å². The van der Waals surface area contributed by atoms with Crippen molar-refractivity contribution in [2.75, 3.05) is 26.1 Å². The first kappa shape index (κ1) is 17.4. The van der Waals surface area contributed by atoms with Crippen molar-refractivity contribution in [1.82, 2.24) is 19.5 Å². The molecule has 2 aromatic rings. The second-order valence-electron chi connectivity index (χ2n) is 6.78. The van der Waals surface area contributed by atoms with Crippen molar-refractivity contribution in [1.29, 1.82) is 0 Å². The minimum atomic E-state index is -1.78. The number of nitrogen functional groups attached to an aromatic ring is 1. The lowest BCUT2D eigenvalue weighted by Crippen LogP contribution is -2.50. The average molecular weight is 365 g/mol. The van der Waals surface area contributed by atoms with Gasteiger partial charge in [0.2, 0.25) is 5.72 Å². The smallest absolute Gasteiger partial charge is 0.320 e. The quantitative estimate of drug-likeness (QED) is 0.656. The van der Waals surface area contributed by atoms with E-state index >= 15 is 0 Å². The molecule has 2 aromatic heterocycles. The third kappa shape index (κ3) is 2.69. The predicted octanol–water partition coefficient (Wildman–Crippen LogP) is -0.219. The van der Waals surface area contributed by atoms with Crippen LogP contribution in [0.15, 0.2) is 6.33 Å². The normalized spacial score (nSPS) is 29.7. The Morgan fingerprint density at radius 3 is 2.88 bits per heavy atom. The number of ether oxygens (including phenoxy) is 3. The van der Waals surface area contributed by atoms with E-state index in [4.69, 9.17) is 19.9 Å². The van der Waals surface area contributed by atoms with E-state index in [2.05, 4.69) is 15.0 Å². The molecule has 4 N–H and O–H groups in total. The Kier molecular flexibility index (Phi) is 4.43. The predicted molar refractivity (Wildman–Crippen MR) is 90.4 cm³/mol. The molecular weight excluding hydrogens is 342 g/mol. The lowest BCUT2D eigenvalue weighted by Gasteiger charge is -2.32. The molecule has 0 unspecified atom stereocenters. The van der Waals surface area contributed by atoms with Gasteiger partial charge in [0, 0.05) is 7.11 Å². The minimum absolute atomic E-state index is 0.0316. The van der Waals surface area contributed by atoms with Crippen LogP contribution in [0, 0.1) is 0 Å². The van der Waals surface area contributed by atoms with Crippen LogP contribution in [-0.4, -0.2) is 68.4 Å². The third-order valence-corrected chi connectivity index (χ3v) is 5.10. The van der Waals surface area contributed by atoms with Gasteiger partial charge in [-0.3, -0.25) is 4.57 Å². The van der Waals surface area contributed by atoms with Crippen molar-refractivity contribution in [2.24, 2.45) is 0 Å². The number of hydrogen-bond donors (Lipinski definition) is 3. The van der Waals surface area contributed by atoms with Gasteiger partial charge in [0.15, 0.2) is 17.0 Å². The fourth-order valence-electron chi connectivity index (χ4n) is 3.68. The zero-order chi connectivity index (χ0) is 18.3. The molecule has 1 aliphatic heterocycles. The van der Waals surface area contributed by atoms with Crippen LogP contribution in [0.3, 0.4) is 0 Å². The molecule has 0 amide bonds. The van der Waals surface area contributed by atoms with E-state index in [0.717, 1.165) is 25.7 Å². The van der Waals surface area contributed by atoms with Gasteiger partial charge in [-0.2, -0.15) is 9.97 Å². The molecule has 2 fully saturated rings. The Hall–Kier alpha value is -2.01. The van der Waals surface area contributed by atoms with E-state index in [0.29, 0.717) is 5.52 Å². The fourth-order valence-corrected chi connectivity index (χ4v) is 3.68. The van der Waals surface area contributed by atoms with E-state index in [-0.39, 0.29) is 36.8 Å². The third-order valence-electron chi connectivity index (χ3n) is 5.10. The van der Waals surface area contributed by atoms with E-state index < -0.39 is 17.9 Å². The molecule has 1 aliphatic carbocycles. The summed E-state index contributed by atoms with van der Waals surface area (Å²) in [5, 5.41) is 21.6. The highest BCUT2D eigenvalue weighted by molar-refractivity contribution is 5.82. The first-order chi connectivity index (χ1) is 12.5. The van der Waals surface area contributed by atoms with Gasteiger partial charge in [-0.25, -0.2) is 4.98 Å².